The van der Waals surface area contributed by atoms with Crippen molar-refractivity contribution in [1.29, 1.82) is 0 Å². The standard InChI is InChI=1S/C17H21Cl2NO3/c1-10-5-3-8-14(11(10)2)20-15(21)9-23-17(22)16-12(18)6-4-7-13(16)19/h4,6-7,10-11,14H,3,5,8-9H2,1-2H3,(H,20,21)/t10-,11-,14+/m1/s1. The molecular formula is C17H21Cl2NO3. The Hall–Kier alpha value is -1.26. The molecule has 1 aliphatic carbocycles. The Balaban J connectivity index is 1.88. The molecule has 1 aromatic rings. The van der Waals surface area contributed by atoms with E-state index >= 15 is 0 Å². The van der Waals surface area contributed by atoms with Gasteiger partial charge in [-0.3, -0.25) is 4.79 Å². The van der Waals surface area contributed by atoms with Crippen molar-refractivity contribution in [2.45, 2.75) is 39.2 Å². The van der Waals surface area contributed by atoms with Gasteiger partial charge in [0.1, 0.15) is 0 Å². The number of amides is 1. The van der Waals surface area contributed by atoms with Gasteiger partial charge in [0.25, 0.3) is 5.91 Å². The Kier molecular flexibility index (Phi) is 6.31. The number of benzene rings is 1. The van der Waals surface area contributed by atoms with Gasteiger partial charge in [0.15, 0.2) is 6.61 Å². The maximum atomic E-state index is 12.0. The predicted octanol–water partition coefficient (Wildman–Crippen LogP) is 4.09. The third-order valence-corrected chi connectivity index (χ3v) is 5.18. The number of esters is 1. The largest absolute Gasteiger partial charge is 0.452 e. The summed E-state index contributed by atoms with van der Waals surface area (Å²) in [7, 11) is 0. The monoisotopic (exact) mass is 357 g/mol. The highest BCUT2D eigenvalue weighted by Crippen LogP contribution is 2.29. The Morgan fingerprint density at radius 2 is 1.87 bits per heavy atom. The van der Waals surface area contributed by atoms with Gasteiger partial charge in [-0.05, 0) is 30.4 Å². The first kappa shape index (κ1) is 18.1. The summed E-state index contributed by atoms with van der Waals surface area (Å²) in [5, 5.41) is 3.37. The average molecular weight is 358 g/mol. The molecule has 4 nitrogen and oxygen atoms in total. The van der Waals surface area contributed by atoms with E-state index < -0.39 is 5.97 Å². The van der Waals surface area contributed by atoms with E-state index in [0.717, 1.165) is 12.8 Å². The van der Waals surface area contributed by atoms with Gasteiger partial charge >= 0.3 is 5.97 Å². The molecule has 0 aromatic heterocycles. The molecule has 1 N–H and O–H groups in total. The zero-order valence-electron chi connectivity index (χ0n) is 13.3. The van der Waals surface area contributed by atoms with Gasteiger partial charge in [-0.1, -0.05) is 56.0 Å². The molecule has 0 spiro atoms. The SMILES string of the molecule is C[C@@H]1[C@H](C)CCC[C@@H]1NC(=O)COC(=O)c1c(Cl)cccc1Cl. The van der Waals surface area contributed by atoms with E-state index in [1.54, 1.807) is 18.2 Å². The number of halogens is 2. The summed E-state index contributed by atoms with van der Waals surface area (Å²) in [6, 6.07) is 4.87. The summed E-state index contributed by atoms with van der Waals surface area (Å²) in [5.41, 5.74) is 0.0864. The minimum atomic E-state index is -0.694. The zero-order valence-corrected chi connectivity index (χ0v) is 14.8. The lowest BCUT2D eigenvalue weighted by molar-refractivity contribution is -0.125. The maximum Gasteiger partial charge on any atom is 0.341 e. The smallest absolute Gasteiger partial charge is 0.341 e. The second-order valence-corrected chi connectivity index (χ2v) is 6.93. The normalized spacial score (nSPS) is 24.1. The van der Waals surface area contributed by atoms with Gasteiger partial charge in [0.05, 0.1) is 15.6 Å². The van der Waals surface area contributed by atoms with Crippen LogP contribution < -0.4 is 5.32 Å². The molecule has 2 rings (SSSR count). The van der Waals surface area contributed by atoms with Crippen molar-refractivity contribution in [3.05, 3.63) is 33.8 Å². The van der Waals surface area contributed by atoms with Crippen LogP contribution in [-0.2, 0) is 9.53 Å². The molecule has 1 amide bonds. The van der Waals surface area contributed by atoms with Crippen LogP contribution in [0.3, 0.4) is 0 Å². The number of nitrogens with one attached hydrogen (secondary N) is 1. The summed E-state index contributed by atoms with van der Waals surface area (Å²) < 4.78 is 5.04. The topological polar surface area (TPSA) is 55.4 Å². The molecule has 6 heteroatoms. The Morgan fingerprint density at radius 1 is 1.22 bits per heavy atom. The van der Waals surface area contributed by atoms with Gasteiger partial charge in [-0.15, -0.1) is 0 Å². The van der Waals surface area contributed by atoms with Crippen LogP contribution in [0, 0.1) is 11.8 Å². The highest BCUT2D eigenvalue weighted by Gasteiger charge is 2.28. The average Bonchev–Trinajstić information content (AvgIpc) is 2.49. The van der Waals surface area contributed by atoms with Crippen molar-refractivity contribution in [3.8, 4) is 0 Å². The highest BCUT2D eigenvalue weighted by atomic mass is 35.5. The van der Waals surface area contributed by atoms with Crippen LogP contribution in [0.5, 0.6) is 0 Å². The van der Waals surface area contributed by atoms with Gasteiger partial charge in [0.2, 0.25) is 0 Å². The van der Waals surface area contributed by atoms with Crippen LogP contribution in [-0.4, -0.2) is 24.5 Å². The first-order valence-corrected chi connectivity index (χ1v) is 8.56. The van der Waals surface area contributed by atoms with Crippen LogP contribution in [0.2, 0.25) is 10.0 Å². The lowest BCUT2D eigenvalue weighted by Crippen LogP contribution is -2.45. The van der Waals surface area contributed by atoms with E-state index in [1.807, 2.05) is 0 Å². The van der Waals surface area contributed by atoms with Crippen LogP contribution in [0.25, 0.3) is 0 Å². The van der Waals surface area contributed by atoms with Gasteiger partial charge in [-0.2, -0.15) is 0 Å². The fraction of sp³-hybridized carbons (Fsp3) is 0.529. The molecule has 1 aromatic carbocycles. The molecule has 1 aliphatic rings. The first-order chi connectivity index (χ1) is 10.9. The number of carbonyl (C=O) groups excluding carboxylic acids is 2. The molecule has 0 aliphatic heterocycles. The molecule has 0 saturated heterocycles. The Bertz CT molecular complexity index is 571. The van der Waals surface area contributed by atoms with E-state index in [2.05, 4.69) is 19.2 Å². The quantitative estimate of drug-likeness (QED) is 0.825. The third-order valence-electron chi connectivity index (χ3n) is 4.55. The lowest BCUT2D eigenvalue weighted by Gasteiger charge is -2.34. The van der Waals surface area contributed by atoms with E-state index in [1.165, 1.54) is 6.42 Å². The molecule has 126 valence electrons. The van der Waals surface area contributed by atoms with Crippen molar-refractivity contribution < 1.29 is 14.3 Å². The number of rotatable bonds is 4. The lowest BCUT2D eigenvalue weighted by atomic mass is 9.78. The maximum absolute atomic E-state index is 12.0. The number of ether oxygens (including phenoxy) is 1. The number of hydrogen-bond donors (Lipinski definition) is 1. The molecule has 0 heterocycles. The molecular weight excluding hydrogens is 337 g/mol. The Morgan fingerprint density at radius 3 is 2.52 bits per heavy atom. The van der Waals surface area contributed by atoms with E-state index in [4.69, 9.17) is 27.9 Å². The van der Waals surface area contributed by atoms with Crippen molar-refractivity contribution in [2.24, 2.45) is 11.8 Å². The number of carbonyl (C=O) groups is 2. The first-order valence-electron chi connectivity index (χ1n) is 7.80. The fourth-order valence-corrected chi connectivity index (χ4v) is 3.48. The summed E-state index contributed by atoms with van der Waals surface area (Å²) in [5.74, 6) is 0.00762. The van der Waals surface area contributed by atoms with Crippen LogP contribution in [0.1, 0.15) is 43.5 Å². The summed E-state index contributed by atoms with van der Waals surface area (Å²) in [4.78, 5) is 24.0. The molecule has 0 radical (unpaired) electrons. The Labute approximate surface area is 146 Å². The summed E-state index contributed by atoms with van der Waals surface area (Å²) in [6.45, 7) is 4.00. The van der Waals surface area contributed by atoms with Gasteiger partial charge < -0.3 is 10.1 Å². The predicted molar refractivity (Wildman–Crippen MR) is 90.9 cm³/mol. The number of hydrogen-bond acceptors (Lipinski definition) is 3. The van der Waals surface area contributed by atoms with Crippen LogP contribution in [0.15, 0.2) is 18.2 Å². The van der Waals surface area contributed by atoms with E-state index in [0.29, 0.717) is 11.8 Å². The molecule has 1 saturated carbocycles. The highest BCUT2D eigenvalue weighted by molar-refractivity contribution is 6.39. The molecule has 3 atom stereocenters. The van der Waals surface area contributed by atoms with E-state index in [9.17, 15) is 9.59 Å². The van der Waals surface area contributed by atoms with Gasteiger partial charge in [-0.25, -0.2) is 4.79 Å². The van der Waals surface area contributed by atoms with Crippen LogP contribution >= 0.6 is 23.2 Å². The van der Waals surface area contributed by atoms with Gasteiger partial charge in [0, 0.05) is 6.04 Å². The molecule has 0 unspecified atom stereocenters. The molecule has 23 heavy (non-hydrogen) atoms. The minimum absolute atomic E-state index is 0.0864. The summed E-state index contributed by atoms with van der Waals surface area (Å²) in [6.07, 6.45) is 3.25. The fourth-order valence-electron chi connectivity index (χ4n) is 2.93. The van der Waals surface area contributed by atoms with Crippen molar-refractivity contribution in [3.63, 3.8) is 0 Å². The van der Waals surface area contributed by atoms with Crippen molar-refractivity contribution >= 4 is 35.1 Å². The van der Waals surface area contributed by atoms with Crippen molar-refractivity contribution in [2.75, 3.05) is 6.61 Å². The minimum Gasteiger partial charge on any atom is -0.452 e. The van der Waals surface area contributed by atoms with Crippen LogP contribution in [0.4, 0.5) is 0 Å². The van der Waals surface area contributed by atoms with E-state index in [-0.39, 0.29) is 34.2 Å². The second-order valence-electron chi connectivity index (χ2n) is 6.11. The van der Waals surface area contributed by atoms with Crippen molar-refractivity contribution in [1.82, 2.24) is 5.32 Å². The molecule has 1 fully saturated rings. The summed E-state index contributed by atoms with van der Waals surface area (Å²) >= 11 is 11.9. The zero-order chi connectivity index (χ0) is 17.0. The third kappa shape index (κ3) is 4.61. The molecule has 0 bridgehead atoms. The second kappa shape index (κ2) is 8.02.